The van der Waals surface area contributed by atoms with Crippen molar-refractivity contribution in [1.29, 1.82) is 0 Å². The number of carbonyl (C=O) groups is 2. The molecule has 0 fully saturated rings. The van der Waals surface area contributed by atoms with Gasteiger partial charge in [-0.25, -0.2) is 4.98 Å². The van der Waals surface area contributed by atoms with E-state index < -0.39 is 24.0 Å². The molecule has 1 aliphatic carbocycles. The molecular formula is C38H35F3N4O2S. The molecule has 6 rings (SSSR count). The Morgan fingerprint density at radius 3 is 2.15 bits per heavy atom. The topological polar surface area (TPSA) is 86.9 Å². The van der Waals surface area contributed by atoms with Crippen LogP contribution in [0.3, 0.4) is 0 Å². The molecular weight excluding hydrogens is 634 g/mol. The van der Waals surface area contributed by atoms with Gasteiger partial charge in [-0.15, -0.1) is 0 Å². The lowest BCUT2D eigenvalue weighted by Gasteiger charge is -2.31. The van der Waals surface area contributed by atoms with Gasteiger partial charge >= 0.3 is 6.18 Å². The van der Waals surface area contributed by atoms with E-state index in [0.29, 0.717) is 30.1 Å². The van der Waals surface area contributed by atoms with Crippen LogP contribution in [0.15, 0.2) is 114 Å². The molecule has 0 spiro atoms. The maximum atomic E-state index is 13.7. The predicted octanol–water partition coefficient (Wildman–Crippen LogP) is 8.55. The Morgan fingerprint density at radius 2 is 1.44 bits per heavy atom. The fourth-order valence-electron chi connectivity index (χ4n) is 6.42. The molecule has 0 unspecified atom stereocenters. The van der Waals surface area contributed by atoms with Gasteiger partial charge in [0.15, 0.2) is 5.16 Å². The highest BCUT2D eigenvalue weighted by Crippen LogP contribution is 2.51. The van der Waals surface area contributed by atoms with E-state index in [9.17, 15) is 22.8 Å². The lowest BCUT2D eigenvalue weighted by Crippen LogP contribution is -2.47. The summed E-state index contributed by atoms with van der Waals surface area (Å²) >= 11 is 1.50. The Bertz CT molecular complexity index is 1840. The second-order valence-corrected chi connectivity index (χ2v) is 12.9. The first-order valence-electron chi connectivity index (χ1n) is 15.9. The van der Waals surface area contributed by atoms with Crippen molar-refractivity contribution in [3.8, 4) is 11.1 Å². The van der Waals surface area contributed by atoms with Gasteiger partial charge in [0.2, 0.25) is 5.91 Å². The summed E-state index contributed by atoms with van der Waals surface area (Å²) in [4.78, 5) is 34.2. The first-order chi connectivity index (χ1) is 23.2. The number of aromatic nitrogens is 2. The van der Waals surface area contributed by atoms with E-state index in [0.717, 1.165) is 57.7 Å². The van der Waals surface area contributed by atoms with E-state index >= 15 is 0 Å². The summed E-state index contributed by atoms with van der Waals surface area (Å²) in [7, 11) is 0. The Kier molecular flexibility index (Phi) is 10.0. The third-order valence-electron chi connectivity index (χ3n) is 8.64. The fraction of sp³-hybridized carbons (Fsp3) is 0.237. The normalized spacial score (nSPS) is 13.1. The highest BCUT2D eigenvalue weighted by atomic mass is 32.2. The van der Waals surface area contributed by atoms with Crippen LogP contribution in [-0.4, -0.2) is 40.3 Å². The SMILES string of the molecule is O=C(Nc1ccccc1Cc1ccccc1)c1cnc(SCCCCCC2(C(=O)NCC(F)(F)F)c3ccccc3-c3ccccc32)[nH]1. The maximum Gasteiger partial charge on any atom is 0.405 e. The summed E-state index contributed by atoms with van der Waals surface area (Å²) in [6.07, 6.45) is 0.282. The van der Waals surface area contributed by atoms with Crippen LogP contribution in [-0.2, 0) is 16.6 Å². The van der Waals surface area contributed by atoms with Gasteiger partial charge in [0, 0.05) is 11.4 Å². The van der Waals surface area contributed by atoms with Gasteiger partial charge in [-0.2, -0.15) is 13.2 Å². The molecule has 5 aromatic rings. The summed E-state index contributed by atoms with van der Waals surface area (Å²) in [5, 5.41) is 5.81. The number of hydrogen-bond donors (Lipinski definition) is 3. The average molecular weight is 669 g/mol. The third kappa shape index (κ3) is 7.33. The molecule has 2 amide bonds. The van der Waals surface area contributed by atoms with E-state index in [-0.39, 0.29) is 5.91 Å². The van der Waals surface area contributed by atoms with Crippen LogP contribution in [0, 0.1) is 0 Å². The van der Waals surface area contributed by atoms with Crippen molar-refractivity contribution in [3.05, 3.63) is 137 Å². The van der Waals surface area contributed by atoms with Crippen LogP contribution >= 0.6 is 11.8 Å². The first-order valence-corrected chi connectivity index (χ1v) is 16.9. The van der Waals surface area contributed by atoms with Gasteiger partial charge in [0.1, 0.15) is 17.7 Å². The Balaban J connectivity index is 1.05. The fourth-order valence-corrected chi connectivity index (χ4v) is 7.27. The molecule has 0 saturated carbocycles. The van der Waals surface area contributed by atoms with Gasteiger partial charge in [0.05, 0.1) is 6.20 Å². The Hall–Kier alpha value is -4.83. The molecule has 4 aromatic carbocycles. The van der Waals surface area contributed by atoms with Gasteiger partial charge < -0.3 is 15.6 Å². The molecule has 0 atom stereocenters. The second-order valence-electron chi connectivity index (χ2n) is 11.8. The highest BCUT2D eigenvalue weighted by Gasteiger charge is 2.49. The summed E-state index contributed by atoms with van der Waals surface area (Å²) in [5.41, 5.74) is 5.30. The zero-order valence-electron chi connectivity index (χ0n) is 26.1. The molecule has 10 heteroatoms. The van der Waals surface area contributed by atoms with Gasteiger partial charge in [-0.3, -0.25) is 9.59 Å². The van der Waals surface area contributed by atoms with Crippen LogP contribution in [0.2, 0.25) is 0 Å². The molecule has 48 heavy (non-hydrogen) atoms. The Labute approximate surface area is 281 Å². The number of hydrogen-bond acceptors (Lipinski definition) is 4. The lowest BCUT2D eigenvalue weighted by molar-refractivity contribution is -0.141. The third-order valence-corrected chi connectivity index (χ3v) is 9.61. The van der Waals surface area contributed by atoms with E-state index in [4.69, 9.17) is 0 Å². The van der Waals surface area contributed by atoms with Gasteiger partial charge in [0.25, 0.3) is 5.91 Å². The van der Waals surface area contributed by atoms with Gasteiger partial charge in [-0.05, 0) is 58.7 Å². The van der Waals surface area contributed by atoms with Crippen molar-refractivity contribution in [2.45, 2.75) is 48.9 Å². The number of rotatable bonds is 13. The lowest BCUT2D eigenvalue weighted by atomic mass is 9.73. The number of carbonyl (C=O) groups excluding carboxylic acids is 2. The number of fused-ring (bicyclic) bond motifs is 3. The number of imidazole rings is 1. The summed E-state index contributed by atoms with van der Waals surface area (Å²) in [5.74, 6) is -0.189. The molecule has 0 radical (unpaired) electrons. The first kappa shape index (κ1) is 33.1. The number of thioether (sulfide) groups is 1. The molecule has 3 N–H and O–H groups in total. The molecule has 1 heterocycles. The van der Waals surface area contributed by atoms with E-state index in [1.165, 1.54) is 18.0 Å². The number of anilines is 1. The van der Waals surface area contributed by atoms with Crippen LogP contribution < -0.4 is 10.6 Å². The number of nitrogens with zero attached hydrogens (tertiary/aromatic N) is 1. The number of nitrogens with one attached hydrogen (secondary N) is 3. The van der Waals surface area contributed by atoms with Crippen molar-refractivity contribution in [1.82, 2.24) is 15.3 Å². The van der Waals surface area contributed by atoms with Crippen molar-refractivity contribution in [2.24, 2.45) is 0 Å². The molecule has 6 nitrogen and oxygen atoms in total. The largest absolute Gasteiger partial charge is 0.405 e. The van der Waals surface area contributed by atoms with Crippen molar-refractivity contribution < 1.29 is 22.8 Å². The van der Waals surface area contributed by atoms with E-state index in [1.807, 2.05) is 91.0 Å². The minimum absolute atomic E-state index is 0.277. The average Bonchev–Trinajstić information content (AvgIpc) is 3.68. The van der Waals surface area contributed by atoms with Crippen LogP contribution in [0.25, 0.3) is 11.1 Å². The quantitative estimate of drug-likeness (QED) is 0.0867. The van der Waals surface area contributed by atoms with Gasteiger partial charge in [-0.1, -0.05) is 122 Å². The number of aromatic amines is 1. The standard InChI is InChI=1S/C38H35F3N4O2S/c39-38(40,41)25-43-35(47)37(30-18-8-6-16-28(30)29-17-7-9-19-31(29)37)21-11-2-12-22-48-36-42-24-33(45-36)34(46)44-32-20-10-5-15-27(32)23-26-13-3-1-4-14-26/h1,3-10,13-20,24H,2,11-12,21-23,25H2,(H,42,45)(H,43,47)(H,44,46). The minimum atomic E-state index is -4.51. The predicted molar refractivity (Wildman–Crippen MR) is 183 cm³/mol. The number of para-hydroxylation sites is 1. The summed E-state index contributed by atoms with van der Waals surface area (Å²) in [6, 6.07) is 32.7. The van der Waals surface area contributed by atoms with Crippen LogP contribution in [0.4, 0.5) is 18.9 Å². The van der Waals surface area contributed by atoms with Crippen molar-refractivity contribution in [3.63, 3.8) is 0 Å². The molecule has 0 saturated heterocycles. The molecule has 1 aliphatic rings. The monoisotopic (exact) mass is 668 g/mol. The molecule has 246 valence electrons. The number of amides is 2. The van der Waals surface area contributed by atoms with E-state index in [2.05, 4.69) is 32.7 Å². The Morgan fingerprint density at radius 1 is 0.792 bits per heavy atom. The van der Waals surface area contributed by atoms with Crippen LogP contribution in [0.1, 0.15) is 58.4 Å². The van der Waals surface area contributed by atoms with E-state index in [1.54, 1.807) is 0 Å². The molecule has 0 aliphatic heterocycles. The maximum absolute atomic E-state index is 13.7. The zero-order valence-corrected chi connectivity index (χ0v) is 27.0. The zero-order chi connectivity index (χ0) is 33.6. The molecule has 1 aromatic heterocycles. The smallest absolute Gasteiger partial charge is 0.346 e. The molecule has 0 bridgehead atoms. The summed E-state index contributed by atoms with van der Waals surface area (Å²) < 4.78 is 39.4. The van der Waals surface area contributed by atoms with Crippen LogP contribution in [0.5, 0.6) is 0 Å². The second kappa shape index (κ2) is 14.5. The van der Waals surface area contributed by atoms with Crippen molar-refractivity contribution in [2.75, 3.05) is 17.6 Å². The number of unbranched alkanes of at least 4 members (excludes halogenated alkanes) is 2. The number of halogens is 3. The highest BCUT2D eigenvalue weighted by molar-refractivity contribution is 7.99. The van der Waals surface area contributed by atoms with Crippen molar-refractivity contribution >= 4 is 29.3 Å². The number of H-pyrrole nitrogens is 1. The minimum Gasteiger partial charge on any atom is -0.346 e. The summed E-state index contributed by atoms with van der Waals surface area (Å²) in [6.45, 7) is -1.38. The number of benzene rings is 4. The number of alkyl halides is 3.